The zero-order chi connectivity index (χ0) is 28.3. The Hall–Kier alpha value is -3.72. The van der Waals surface area contributed by atoms with Crippen LogP contribution in [0.1, 0.15) is 67.2 Å². The average Bonchev–Trinajstić information content (AvgIpc) is 3.46. The number of hydrogen-bond acceptors (Lipinski definition) is 6. The van der Waals surface area contributed by atoms with E-state index < -0.39 is 0 Å². The van der Waals surface area contributed by atoms with Crippen LogP contribution >= 0.6 is 11.6 Å². The van der Waals surface area contributed by atoms with Crippen LogP contribution < -0.4 is 9.67 Å². The van der Waals surface area contributed by atoms with Gasteiger partial charge >= 0.3 is 247 Å². The van der Waals surface area contributed by atoms with E-state index in [2.05, 4.69) is 89.7 Å². The van der Waals surface area contributed by atoms with Crippen molar-refractivity contribution >= 4 is 48.3 Å². The zero-order valence-corrected chi connectivity index (χ0v) is 25.5. The molecular weight excluding hydrogens is 581 g/mol. The predicted molar refractivity (Wildman–Crippen MR) is 161 cm³/mol. The third-order valence-corrected chi connectivity index (χ3v) is 10.6. The molecule has 2 aromatic carbocycles. The van der Waals surface area contributed by atoms with Crippen molar-refractivity contribution in [2.45, 2.75) is 50.4 Å². The fourth-order valence-corrected chi connectivity index (χ4v) is 7.71. The van der Waals surface area contributed by atoms with E-state index in [1.165, 1.54) is 5.56 Å². The molecule has 0 aliphatic rings. The molecule has 0 aliphatic heterocycles. The van der Waals surface area contributed by atoms with Gasteiger partial charge < -0.3 is 0 Å². The van der Waals surface area contributed by atoms with Crippen molar-refractivity contribution < 1.29 is 0 Å². The summed E-state index contributed by atoms with van der Waals surface area (Å²) in [6.45, 7) is 8.46. The molecule has 9 heteroatoms. The van der Waals surface area contributed by atoms with E-state index in [4.69, 9.17) is 11.6 Å². The topological polar surface area (TPSA) is 92.3 Å². The summed E-state index contributed by atoms with van der Waals surface area (Å²) in [6.07, 6.45) is 8.18. The number of benzene rings is 2. The SMILES string of the molecule is CC[C@@H]([As]c1c(C#N)cnc2c(Cl)cc(N[C@@H](c3cccnc3)c3cn(C(C)(C)C)nn3)cc12)c1ccccc1. The van der Waals surface area contributed by atoms with Gasteiger partial charge in [-0.3, -0.25) is 0 Å². The predicted octanol–water partition coefficient (Wildman–Crippen LogP) is 6.18. The van der Waals surface area contributed by atoms with Crippen LogP contribution in [0.4, 0.5) is 5.69 Å². The van der Waals surface area contributed by atoms with Gasteiger partial charge in [-0.1, -0.05) is 0 Å². The van der Waals surface area contributed by atoms with Gasteiger partial charge in [-0.2, -0.15) is 0 Å². The molecule has 0 unspecified atom stereocenters. The Morgan fingerprint density at radius 3 is 2.50 bits per heavy atom. The number of nitriles is 1. The Labute approximate surface area is 246 Å². The maximum atomic E-state index is 10.0. The normalized spacial score (nSPS) is 13.4. The molecule has 0 fully saturated rings. The van der Waals surface area contributed by atoms with Crippen molar-refractivity contribution in [2.75, 3.05) is 5.32 Å². The minimum absolute atomic E-state index is 0.205. The number of aromatic nitrogens is 5. The molecule has 1 radical (unpaired) electrons. The van der Waals surface area contributed by atoms with E-state index >= 15 is 0 Å². The van der Waals surface area contributed by atoms with Gasteiger partial charge in [0.05, 0.1) is 0 Å². The first-order chi connectivity index (χ1) is 19.3. The van der Waals surface area contributed by atoms with Gasteiger partial charge in [-0.25, -0.2) is 0 Å². The molecule has 0 bridgehead atoms. The summed E-state index contributed by atoms with van der Waals surface area (Å²) < 4.78 is 3.25. The van der Waals surface area contributed by atoms with E-state index in [0.717, 1.165) is 33.1 Å². The van der Waals surface area contributed by atoms with Gasteiger partial charge in [0.15, 0.2) is 0 Å². The van der Waals surface area contributed by atoms with Crippen LogP contribution in [-0.4, -0.2) is 40.7 Å². The molecule has 5 rings (SSSR count). The number of anilines is 1. The van der Waals surface area contributed by atoms with Crippen LogP contribution in [0.15, 0.2) is 79.4 Å². The Morgan fingerprint density at radius 2 is 1.85 bits per heavy atom. The van der Waals surface area contributed by atoms with Gasteiger partial charge in [0, 0.05) is 0 Å². The Kier molecular flexibility index (Phi) is 8.21. The first-order valence-electron chi connectivity index (χ1n) is 13.2. The van der Waals surface area contributed by atoms with Crippen molar-refractivity contribution in [1.29, 1.82) is 5.26 Å². The molecule has 201 valence electrons. The molecule has 1 N–H and O–H groups in total. The summed E-state index contributed by atoms with van der Waals surface area (Å²) in [7, 11) is 0. The van der Waals surface area contributed by atoms with E-state index in [-0.39, 0.29) is 27.3 Å². The third-order valence-electron chi connectivity index (χ3n) is 6.70. The van der Waals surface area contributed by atoms with Crippen molar-refractivity contribution in [3.8, 4) is 6.07 Å². The molecule has 2 atom stereocenters. The summed E-state index contributed by atoms with van der Waals surface area (Å²) in [5.41, 5.74) is 4.92. The number of nitrogens with one attached hydrogen (secondary N) is 1. The molecule has 40 heavy (non-hydrogen) atoms. The van der Waals surface area contributed by atoms with Gasteiger partial charge in [-0.05, 0) is 0 Å². The summed E-state index contributed by atoms with van der Waals surface area (Å²) in [4.78, 5) is 8.92. The second kappa shape index (κ2) is 11.8. The van der Waals surface area contributed by atoms with E-state index in [1.807, 2.05) is 41.3 Å². The van der Waals surface area contributed by atoms with Gasteiger partial charge in [0.2, 0.25) is 0 Å². The maximum absolute atomic E-state index is 10.0. The van der Waals surface area contributed by atoms with Crippen molar-refractivity contribution in [1.82, 2.24) is 25.0 Å². The molecule has 3 heterocycles. The second-order valence-corrected chi connectivity index (χ2v) is 13.8. The first kappa shape index (κ1) is 27.8. The number of pyridine rings is 2. The fraction of sp³-hybridized carbons (Fsp3) is 0.258. The molecule has 3 aromatic heterocycles. The van der Waals surface area contributed by atoms with Crippen LogP contribution in [0.25, 0.3) is 10.9 Å². The Morgan fingerprint density at radius 1 is 1.07 bits per heavy atom. The van der Waals surface area contributed by atoms with Crippen LogP contribution in [0.2, 0.25) is 5.02 Å². The average molecular weight is 611 g/mol. The third kappa shape index (κ3) is 5.89. The molecular formula is C31H30AsClN7. The summed E-state index contributed by atoms with van der Waals surface area (Å²) in [5, 5.41) is 24.0. The summed E-state index contributed by atoms with van der Waals surface area (Å²) in [5.74, 6) is 0. The minimum atomic E-state index is -0.389. The Bertz CT molecular complexity index is 1660. The number of nitrogens with zero attached hydrogens (tertiary/aromatic N) is 6. The molecule has 7 nitrogen and oxygen atoms in total. The standard InChI is InChI=1S/C31H30AsClN7/c1-5-25(20-10-7-6-8-11-20)32-28-22(16-34)18-36-30-24(28)14-23(15-26(30)33)37-29(21-12-9-13-35-17-21)27-19-40(39-38-27)31(2,3)4/h6-15,17-19,25,29,37H,5H2,1-4H3/t25-,29+/m1/s1. The van der Waals surface area contributed by atoms with Crippen LogP contribution in [0, 0.1) is 11.3 Å². The number of fused-ring (bicyclic) bond motifs is 1. The monoisotopic (exact) mass is 610 g/mol. The molecule has 0 saturated carbocycles. The van der Waals surface area contributed by atoms with Gasteiger partial charge in [0.1, 0.15) is 0 Å². The summed E-state index contributed by atoms with van der Waals surface area (Å²) in [6, 6.07) is 20.5. The molecule has 0 amide bonds. The quantitative estimate of drug-likeness (QED) is 0.211. The van der Waals surface area contributed by atoms with Crippen molar-refractivity contribution in [3.05, 3.63) is 107 Å². The van der Waals surface area contributed by atoms with E-state index in [1.54, 1.807) is 12.4 Å². The molecule has 0 spiro atoms. The van der Waals surface area contributed by atoms with Gasteiger partial charge in [-0.15, -0.1) is 0 Å². The van der Waals surface area contributed by atoms with Crippen LogP contribution in [0.5, 0.6) is 0 Å². The number of hydrogen-bond donors (Lipinski definition) is 1. The van der Waals surface area contributed by atoms with Crippen molar-refractivity contribution in [3.63, 3.8) is 0 Å². The van der Waals surface area contributed by atoms with Gasteiger partial charge in [0.25, 0.3) is 0 Å². The molecule has 0 aliphatic carbocycles. The number of rotatable bonds is 8. The first-order valence-corrected chi connectivity index (χ1v) is 15.6. The van der Waals surface area contributed by atoms with E-state index in [9.17, 15) is 5.26 Å². The van der Waals surface area contributed by atoms with Crippen molar-refractivity contribution in [2.24, 2.45) is 0 Å². The second-order valence-electron chi connectivity index (χ2n) is 10.6. The Balaban J connectivity index is 1.60. The fourth-order valence-electron chi connectivity index (χ4n) is 4.56. The summed E-state index contributed by atoms with van der Waals surface area (Å²) >= 11 is 6.45. The van der Waals surface area contributed by atoms with Crippen LogP contribution in [-0.2, 0) is 5.54 Å². The van der Waals surface area contributed by atoms with E-state index in [0.29, 0.717) is 20.8 Å². The molecule has 0 saturated heterocycles. The van der Waals surface area contributed by atoms with Crippen LogP contribution in [0.3, 0.4) is 0 Å². The molecule has 5 aromatic rings. The zero-order valence-electron chi connectivity index (χ0n) is 22.9. The number of halogens is 1.